The second kappa shape index (κ2) is 7.44. The molecule has 156 valence electrons. The van der Waals surface area contributed by atoms with Gasteiger partial charge in [0.05, 0.1) is 0 Å². The van der Waals surface area contributed by atoms with Crippen LogP contribution in [0.4, 0.5) is 11.4 Å². The molecule has 0 N–H and O–H groups in total. The molecule has 0 atom stereocenters. The summed E-state index contributed by atoms with van der Waals surface area (Å²) >= 11 is 0. The van der Waals surface area contributed by atoms with Gasteiger partial charge in [-0.3, -0.25) is 0 Å². The highest BCUT2D eigenvalue weighted by Crippen LogP contribution is 2.59. The van der Waals surface area contributed by atoms with Crippen molar-refractivity contribution in [2.75, 3.05) is 17.4 Å². The van der Waals surface area contributed by atoms with Gasteiger partial charge in [0.1, 0.15) is 0 Å². The van der Waals surface area contributed by atoms with Crippen molar-refractivity contribution in [3.05, 3.63) is 54.1 Å². The van der Waals surface area contributed by atoms with Gasteiger partial charge in [-0.15, -0.1) is 0 Å². The van der Waals surface area contributed by atoms with E-state index in [0.717, 1.165) is 0 Å². The molecular weight excluding hydrogens is 358 g/mol. The molecule has 0 aliphatic heterocycles. The summed E-state index contributed by atoms with van der Waals surface area (Å²) in [5.74, 6) is 0. The van der Waals surface area contributed by atoms with E-state index in [1.54, 1.807) is 0 Å². The van der Waals surface area contributed by atoms with Crippen molar-refractivity contribution in [3.8, 4) is 0 Å². The quantitative estimate of drug-likeness (QED) is 0.503. The molecule has 0 spiro atoms. The van der Waals surface area contributed by atoms with Crippen LogP contribution in [0.5, 0.6) is 0 Å². The summed E-state index contributed by atoms with van der Waals surface area (Å²) in [5.41, 5.74) is 4.04. The maximum absolute atomic E-state index is 2.45. The first-order valence-corrected chi connectivity index (χ1v) is 12.7. The Morgan fingerprint density at radius 2 is 1.00 bits per heavy atom. The predicted molar refractivity (Wildman–Crippen MR) is 131 cm³/mol. The van der Waals surface area contributed by atoms with Gasteiger partial charge in [-0.1, -0.05) is 53.7 Å². The van der Waals surface area contributed by atoms with Crippen molar-refractivity contribution >= 4 is 21.4 Å². The summed E-state index contributed by atoms with van der Waals surface area (Å²) in [4.78, 5) is 3.92. The first kappa shape index (κ1) is 22.9. The van der Waals surface area contributed by atoms with Crippen LogP contribution in [-0.4, -0.2) is 22.8 Å². The molecule has 0 amide bonds. The van der Waals surface area contributed by atoms with Crippen LogP contribution in [0, 0.1) is 0 Å². The smallest absolute Gasteiger partial charge is 0.0416 e. The summed E-state index contributed by atoms with van der Waals surface area (Å²) in [5, 5.41) is 0. The van der Waals surface area contributed by atoms with Gasteiger partial charge in [0.2, 0.25) is 0 Å². The zero-order valence-corrected chi connectivity index (χ0v) is 20.8. The number of hydrogen-bond donors (Lipinski definition) is 0. The summed E-state index contributed by atoms with van der Waals surface area (Å²) in [6.07, 6.45) is 4.85. The van der Waals surface area contributed by atoms with Crippen LogP contribution in [0.3, 0.4) is 0 Å². The van der Waals surface area contributed by atoms with E-state index in [9.17, 15) is 0 Å². The first-order valence-electron chi connectivity index (χ1n) is 10.3. The van der Waals surface area contributed by atoms with Gasteiger partial charge >= 0.3 is 0 Å². The molecular formula is C26H41NS. The molecule has 0 bridgehead atoms. The fourth-order valence-corrected chi connectivity index (χ4v) is 4.85. The Labute approximate surface area is 175 Å². The number of rotatable bonds is 3. The van der Waals surface area contributed by atoms with Gasteiger partial charge in [-0.05, 0) is 90.3 Å². The van der Waals surface area contributed by atoms with Crippen LogP contribution in [0.1, 0.15) is 67.9 Å². The molecule has 0 aromatic heterocycles. The van der Waals surface area contributed by atoms with Crippen molar-refractivity contribution in [2.45, 2.75) is 82.9 Å². The number of anilines is 2. The maximum Gasteiger partial charge on any atom is 0.0416 e. The number of hydrogen-bond acceptors (Lipinski definition) is 1. The fourth-order valence-electron chi connectivity index (χ4n) is 3.32. The molecule has 2 heteroatoms. The molecule has 0 radical (unpaired) electrons. The van der Waals surface area contributed by atoms with E-state index in [-0.39, 0.29) is 11.0 Å². The third-order valence-electron chi connectivity index (χ3n) is 5.88. The Bertz CT molecular complexity index is 779. The van der Waals surface area contributed by atoms with Crippen LogP contribution in [0.2, 0.25) is 0 Å². The van der Waals surface area contributed by atoms with Crippen molar-refractivity contribution < 1.29 is 0 Å². The zero-order chi connectivity index (χ0) is 21.5. The van der Waals surface area contributed by atoms with E-state index >= 15 is 0 Å². The summed E-state index contributed by atoms with van der Waals surface area (Å²) in [6.45, 7) is 20.7. The van der Waals surface area contributed by atoms with Gasteiger partial charge in [-0.25, -0.2) is 10.0 Å². The lowest BCUT2D eigenvalue weighted by Crippen LogP contribution is -2.37. The molecule has 28 heavy (non-hydrogen) atoms. The van der Waals surface area contributed by atoms with Gasteiger partial charge in [0.15, 0.2) is 0 Å². The molecule has 0 aliphatic carbocycles. The molecule has 2 aromatic carbocycles. The average molecular weight is 400 g/mol. The average Bonchev–Trinajstić information content (AvgIpc) is 2.53. The minimum atomic E-state index is -0.860. The van der Waals surface area contributed by atoms with Crippen LogP contribution < -0.4 is 4.90 Å². The topological polar surface area (TPSA) is 3.24 Å². The Balaban J connectivity index is 2.45. The molecule has 2 rings (SSSR count). The van der Waals surface area contributed by atoms with E-state index in [1.807, 2.05) is 0 Å². The molecule has 0 aliphatic rings. The summed E-state index contributed by atoms with van der Waals surface area (Å²) < 4.78 is 0.293. The highest BCUT2D eigenvalue weighted by Gasteiger charge is 2.30. The van der Waals surface area contributed by atoms with Crippen molar-refractivity contribution in [2.24, 2.45) is 0 Å². The Kier molecular flexibility index (Phi) is 6.08. The van der Waals surface area contributed by atoms with Gasteiger partial charge in [-0.2, -0.15) is 0 Å². The first-order chi connectivity index (χ1) is 12.5. The van der Waals surface area contributed by atoms with Crippen LogP contribution >= 0.6 is 10.0 Å². The van der Waals surface area contributed by atoms with E-state index in [2.05, 4.69) is 128 Å². The summed E-state index contributed by atoms with van der Waals surface area (Å²) in [6, 6.07) is 18.4. The highest BCUT2D eigenvalue weighted by atomic mass is 32.3. The molecule has 0 saturated heterocycles. The number of benzene rings is 2. The minimum absolute atomic E-state index is 0.00281. The van der Waals surface area contributed by atoms with Gasteiger partial charge in [0, 0.05) is 16.9 Å². The standard InChI is InChI=1S/C26H41NS/c1-24(2,3)20-12-14-21(15-13-20)27(25(4,5)6)22-16-18-23(19-17-22)28(10,11)26(7,8)9/h12-19H,1-11H3. The monoisotopic (exact) mass is 399 g/mol. The molecule has 2 aromatic rings. The minimum Gasteiger partial charge on any atom is -0.336 e. The third-order valence-corrected chi connectivity index (χ3v) is 10.4. The predicted octanol–water partition coefficient (Wildman–Crippen LogP) is 8.14. The molecule has 0 unspecified atom stereocenters. The van der Waals surface area contributed by atoms with Crippen molar-refractivity contribution in [1.29, 1.82) is 0 Å². The Morgan fingerprint density at radius 1 is 0.607 bits per heavy atom. The maximum atomic E-state index is 2.45. The lowest BCUT2D eigenvalue weighted by Gasteiger charge is -2.45. The summed E-state index contributed by atoms with van der Waals surface area (Å²) in [7, 11) is -0.860. The van der Waals surface area contributed by atoms with Crippen molar-refractivity contribution in [3.63, 3.8) is 0 Å². The van der Waals surface area contributed by atoms with E-state index in [1.165, 1.54) is 21.8 Å². The van der Waals surface area contributed by atoms with E-state index in [4.69, 9.17) is 0 Å². The van der Waals surface area contributed by atoms with Crippen LogP contribution in [0.25, 0.3) is 0 Å². The van der Waals surface area contributed by atoms with Crippen LogP contribution in [-0.2, 0) is 5.41 Å². The Hall–Kier alpha value is -1.41. The molecule has 1 nitrogen and oxygen atoms in total. The van der Waals surface area contributed by atoms with E-state index < -0.39 is 10.0 Å². The largest absolute Gasteiger partial charge is 0.336 e. The van der Waals surface area contributed by atoms with Crippen molar-refractivity contribution in [1.82, 2.24) is 0 Å². The normalized spacial score (nSPS) is 14.1. The Morgan fingerprint density at radius 3 is 1.32 bits per heavy atom. The fraction of sp³-hybridized carbons (Fsp3) is 0.538. The second-order valence-corrected chi connectivity index (χ2v) is 15.6. The zero-order valence-electron chi connectivity index (χ0n) is 20.0. The lowest BCUT2D eigenvalue weighted by molar-refractivity contribution is 0.559. The third kappa shape index (κ3) is 4.76. The van der Waals surface area contributed by atoms with E-state index in [0.29, 0.717) is 4.75 Å². The highest BCUT2D eigenvalue weighted by molar-refractivity contribution is 8.33. The lowest BCUT2D eigenvalue weighted by atomic mass is 9.87. The second-order valence-electron chi connectivity index (χ2n) is 11.2. The molecule has 0 saturated carbocycles. The molecule has 0 heterocycles. The van der Waals surface area contributed by atoms with Gasteiger partial charge < -0.3 is 4.90 Å². The number of nitrogens with zero attached hydrogens (tertiary/aromatic N) is 1. The van der Waals surface area contributed by atoms with Crippen LogP contribution in [0.15, 0.2) is 53.4 Å². The van der Waals surface area contributed by atoms with Gasteiger partial charge in [0.25, 0.3) is 0 Å². The SMILES string of the molecule is CC(C)(C)c1ccc(N(c2ccc(S(C)(C)C(C)(C)C)cc2)C(C)(C)C)cc1. The molecule has 0 fully saturated rings.